The van der Waals surface area contributed by atoms with Gasteiger partial charge in [-0.2, -0.15) is 5.26 Å². The fourth-order valence-corrected chi connectivity index (χ4v) is 3.41. The molecule has 2 amide bonds. The van der Waals surface area contributed by atoms with Crippen LogP contribution >= 0.6 is 0 Å². The van der Waals surface area contributed by atoms with Crippen LogP contribution in [-0.2, 0) is 6.42 Å². The van der Waals surface area contributed by atoms with E-state index in [4.69, 9.17) is 5.26 Å². The third-order valence-electron chi connectivity index (χ3n) is 4.81. The number of nitriles is 1. The predicted octanol–water partition coefficient (Wildman–Crippen LogP) is 3.87. The number of anilines is 1. The smallest absolute Gasteiger partial charge is 0.322 e. The van der Waals surface area contributed by atoms with Crippen LogP contribution in [0, 0.1) is 11.3 Å². The summed E-state index contributed by atoms with van der Waals surface area (Å²) in [5.41, 5.74) is 2.52. The molecule has 2 aromatic carbocycles. The maximum atomic E-state index is 12.6. The first-order valence-corrected chi connectivity index (χ1v) is 8.94. The van der Waals surface area contributed by atoms with Gasteiger partial charge in [-0.25, -0.2) is 4.79 Å². The number of aliphatic hydroxyl groups excluding tert-OH is 1. The first kappa shape index (κ1) is 18.0. The minimum atomic E-state index is -0.570. The topological polar surface area (TPSA) is 76.4 Å². The lowest BCUT2D eigenvalue weighted by Crippen LogP contribution is -2.39. The van der Waals surface area contributed by atoms with Gasteiger partial charge in [0.05, 0.1) is 18.6 Å². The summed E-state index contributed by atoms with van der Waals surface area (Å²) in [4.78, 5) is 14.4. The Bertz CT molecular complexity index is 768. The van der Waals surface area contributed by atoms with Crippen molar-refractivity contribution >= 4 is 11.7 Å². The summed E-state index contributed by atoms with van der Waals surface area (Å²) in [5.74, 6) is 0. The van der Waals surface area contributed by atoms with Crippen LogP contribution in [0.5, 0.6) is 0 Å². The monoisotopic (exact) mass is 349 g/mol. The molecular formula is C21H23N3O2. The Labute approximate surface area is 153 Å². The molecule has 1 aliphatic rings. The molecule has 0 bridgehead atoms. The van der Waals surface area contributed by atoms with Crippen molar-refractivity contribution in [3.8, 4) is 6.07 Å². The van der Waals surface area contributed by atoms with Crippen molar-refractivity contribution in [2.75, 3.05) is 11.9 Å². The maximum absolute atomic E-state index is 12.6. The molecule has 3 rings (SSSR count). The van der Waals surface area contributed by atoms with E-state index in [-0.39, 0.29) is 12.1 Å². The van der Waals surface area contributed by atoms with Gasteiger partial charge in [-0.3, -0.25) is 0 Å². The van der Waals surface area contributed by atoms with Gasteiger partial charge in [-0.1, -0.05) is 42.5 Å². The first-order chi connectivity index (χ1) is 12.7. The Balaban J connectivity index is 1.60. The first-order valence-electron chi connectivity index (χ1n) is 8.94. The lowest BCUT2D eigenvalue weighted by Gasteiger charge is -2.27. The van der Waals surface area contributed by atoms with E-state index in [1.54, 1.807) is 0 Å². The number of benzene rings is 2. The average molecular weight is 349 g/mol. The Kier molecular flexibility index (Phi) is 5.88. The molecule has 1 aliphatic heterocycles. The maximum Gasteiger partial charge on any atom is 0.322 e. The minimum Gasteiger partial charge on any atom is -0.388 e. The Morgan fingerprint density at radius 1 is 1.23 bits per heavy atom. The second kappa shape index (κ2) is 8.50. The Hall–Kier alpha value is -2.84. The van der Waals surface area contributed by atoms with Crippen molar-refractivity contribution in [2.24, 2.45) is 0 Å². The minimum absolute atomic E-state index is 0.0306. The summed E-state index contributed by atoms with van der Waals surface area (Å²) in [6, 6.07) is 18.9. The molecule has 0 radical (unpaired) electrons. The van der Waals surface area contributed by atoms with E-state index in [1.807, 2.05) is 59.5 Å². The van der Waals surface area contributed by atoms with E-state index >= 15 is 0 Å². The lowest BCUT2D eigenvalue weighted by molar-refractivity contribution is 0.130. The van der Waals surface area contributed by atoms with Crippen LogP contribution in [0.4, 0.5) is 10.5 Å². The van der Waals surface area contributed by atoms with Crippen molar-refractivity contribution in [3.05, 3.63) is 65.7 Å². The predicted molar refractivity (Wildman–Crippen MR) is 101 cm³/mol. The van der Waals surface area contributed by atoms with Crippen molar-refractivity contribution in [2.45, 2.75) is 37.8 Å². The normalized spacial score (nSPS) is 17.5. The average Bonchev–Trinajstić information content (AvgIpc) is 3.12. The van der Waals surface area contributed by atoms with Crippen molar-refractivity contribution < 1.29 is 9.90 Å². The molecule has 0 saturated carbocycles. The van der Waals surface area contributed by atoms with Gasteiger partial charge in [-0.15, -0.1) is 0 Å². The van der Waals surface area contributed by atoms with Crippen LogP contribution in [0.3, 0.4) is 0 Å². The molecule has 0 aliphatic carbocycles. The van der Waals surface area contributed by atoms with E-state index in [0.29, 0.717) is 25.1 Å². The number of aliphatic hydroxyl groups is 1. The number of hydrogen-bond acceptors (Lipinski definition) is 3. The number of likely N-dealkylation sites (tertiary alicyclic amines) is 1. The molecule has 1 saturated heterocycles. The third kappa shape index (κ3) is 4.41. The standard InChI is InChI=1S/C21H23N3O2/c22-13-12-16-8-10-18(11-9-16)23-21(26)24-14-4-7-19(24)15-20(25)17-5-2-1-3-6-17/h1-3,5-6,8-11,19-20,25H,4,7,12,14-15H2,(H,23,26)/t19-,20+/m1/s1. The van der Waals surface area contributed by atoms with Gasteiger partial charge in [0.2, 0.25) is 0 Å². The second-order valence-electron chi connectivity index (χ2n) is 6.61. The van der Waals surface area contributed by atoms with E-state index < -0.39 is 6.10 Å². The Morgan fingerprint density at radius 2 is 1.96 bits per heavy atom. The zero-order valence-corrected chi connectivity index (χ0v) is 14.6. The summed E-state index contributed by atoms with van der Waals surface area (Å²) in [6.45, 7) is 0.699. The molecule has 0 aromatic heterocycles. The van der Waals surface area contributed by atoms with Crippen LogP contribution in [0.15, 0.2) is 54.6 Å². The second-order valence-corrected chi connectivity index (χ2v) is 6.61. The highest BCUT2D eigenvalue weighted by Gasteiger charge is 2.30. The summed E-state index contributed by atoms with van der Waals surface area (Å²) in [5, 5.41) is 22.1. The van der Waals surface area contributed by atoms with Crippen molar-refractivity contribution in [1.82, 2.24) is 4.90 Å². The van der Waals surface area contributed by atoms with Gasteiger partial charge in [0.25, 0.3) is 0 Å². The highest BCUT2D eigenvalue weighted by Crippen LogP contribution is 2.28. The molecule has 2 N–H and O–H groups in total. The lowest BCUT2D eigenvalue weighted by atomic mass is 10.0. The van der Waals surface area contributed by atoms with Crippen LogP contribution in [0.1, 0.15) is 36.5 Å². The summed E-state index contributed by atoms with van der Waals surface area (Å²) >= 11 is 0. The molecule has 5 heteroatoms. The molecule has 1 fully saturated rings. The molecule has 2 aromatic rings. The van der Waals surface area contributed by atoms with E-state index in [1.165, 1.54) is 0 Å². The fourth-order valence-electron chi connectivity index (χ4n) is 3.41. The van der Waals surface area contributed by atoms with Gasteiger partial charge in [0, 0.05) is 18.3 Å². The van der Waals surface area contributed by atoms with Gasteiger partial charge < -0.3 is 15.3 Å². The number of carbonyl (C=O) groups excluding carboxylic acids is 1. The SMILES string of the molecule is N#CCc1ccc(NC(=O)N2CCC[C@@H]2C[C@H](O)c2ccccc2)cc1. The number of nitrogens with zero attached hydrogens (tertiary/aromatic N) is 2. The number of hydrogen-bond donors (Lipinski definition) is 2. The van der Waals surface area contributed by atoms with Crippen LogP contribution in [0.25, 0.3) is 0 Å². The van der Waals surface area contributed by atoms with Crippen molar-refractivity contribution in [1.29, 1.82) is 5.26 Å². The summed E-state index contributed by atoms with van der Waals surface area (Å²) < 4.78 is 0. The zero-order chi connectivity index (χ0) is 18.4. The quantitative estimate of drug-likeness (QED) is 0.860. The van der Waals surface area contributed by atoms with E-state index in [0.717, 1.165) is 24.0 Å². The molecule has 134 valence electrons. The molecule has 1 heterocycles. The molecule has 0 unspecified atom stereocenters. The highest BCUT2D eigenvalue weighted by atomic mass is 16.3. The van der Waals surface area contributed by atoms with Gasteiger partial charge in [-0.05, 0) is 42.5 Å². The number of carbonyl (C=O) groups is 1. The molecular weight excluding hydrogens is 326 g/mol. The fraction of sp³-hybridized carbons (Fsp3) is 0.333. The highest BCUT2D eigenvalue weighted by molar-refractivity contribution is 5.89. The van der Waals surface area contributed by atoms with Gasteiger partial charge >= 0.3 is 6.03 Å². The molecule has 2 atom stereocenters. The molecule has 5 nitrogen and oxygen atoms in total. The summed E-state index contributed by atoms with van der Waals surface area (Å²) in [7, 11) is 0. The molecule has 26 heavy (non-hydrogen) atoms. The number of urea groups is 1. The van der Waals surface area contributed by atoms with Crippen LogP contribution in [0.2, 0.25) is 0 Å². The summed E-state index contributed by atoms with van der Waals surface area (Å²) in [6.07, 6.45) is 2.18. The largest absolute Gasteiger partial charge is 0.388 e. The Morgan fingerprint density at radius 3 is 2.65 bits per heavy atom. The zero-order valence-electron chi connectivity index (χ0n) is 14.6. The van der Waals surface area contributed by atoms with E-state index in [2.05, 4.69) is 11.4 Å². The van der Waals surface area contributed by atoms with E-state index in [9.17, 15) is 9.90 Å². The van der Waals surface area contributed by atoms with Crippen LogP contribution in [-0.4, -0.2) is 28.6 Å². The van der Waals surface area contributed by atoms with Crippen molar-refractivity contribution in [3.63, 3.8) is 0 Å². The van der Waals surface area contributed by atoms with Crippen LogP contribution < -0.4 is 5.32 Å². The number of nitrogens with one attached hydrogen (secondary N) is 1. The van der Waals surface area contributed by atoms with Gasteiger partial charge in [0.1, 0.15) is 0 Å². The third-order valence-corrected chi connectivity index (χ3v) is 4.81. The molecule has 0 spiro atoms. The van der Waals surface area contributed by atoms with Gasteiger partial charge in [0.15, 0.2) is 0 Å². The number of amides is 2. The number of rotatable bonds is 5.